The van der Waals surface area contributed by atoms with Gasteiger partial charge >= 0.3 is 0 Å². The molecule has 2 N–H and O–H groups in total. The lowest BCUT2D eigenvalue weighted by Crippen LogP contribution is -2.55. The second-order valence-corrected chi connectivity index (χ2v) is 6.74. The predicted molar refractivity (Wildman–Crippen MR) is 82.6 cm³/mol. The van der Waals surface area contributed by atoms with Crippen molar-refractivity contribution in [2.24, 2.45) is 5.73 Å². The molecule has 0 aliphatic carbocycles. The van der Waals surface area contributed by atoms with Gasteiger partial charge in [0.15, 0.2) is 0 Å². The van der Waals surface area contributed by atoms with E-state index < -0.39 is 0 Å². The molecule has 1 aromatic carbocycles. The monoisotopic (exact) mass is 346 g/mol. The molecule has 1 fully saturated rings. The molecule has 0 aromatic heterocycles. The Kier molecular flexibility index (Phi) is 4.90. The van der Waals surface area contributed by atoms with Gasteiger partial charge in [-0.15, -0.1) is 0 Å². The molecule has 1 heterocycles. The lowest BCUT2D eigenvalue weighted by Gasteiger charge is -2.46. The molecule has 106 valence electrons. The van der Waals surface area contributed by atoms with Crippen molar-refractivity contribution in [1.29, 1.82) is 0 Å². The van der Waals surface area contributed by atoms with Crippen LogP contribution < -0.4 is 5.73 Å². The minimum absolute atomic E-state index is 0.00556. The molecule has 0 saturated carbocycles. The van der Waals surface area contributed by atoms with Crippen LogP contribution in [0.25, 0.3) is 0 Å². The fraction of sp³-hybridized carbons (Fsp3) is 0.571. The summed E-state index contributed by atoms with van der Waals surface area (Å²) >= 11 is 9.54. The molecule has 3 nitrogen and oxygen atoms in total. The molecule has 1 aliphatic rings. The van der Waals surface area contributed by atoms with Crippen molar-refractivity contribution in [1.82, 2.24) is 4.90 Å². The molecule has 1 aromatic rings. The van der Waals surface area contributed by atoms with E-state index in [0.29, 0.717) is 6.54 Å². The van der Waals surface area contributed by atoms with Gasteiger partial charge in [-0.3, -0.25) is 4.90 Å². The maximum Gasteiger partial charge on any atom is 0.0645 e. The second kappa shape index (κ2) is 6.10. The highest BCUT2D eigenvalue weighted by molar-refractivity contribution is 9.10. The van der Waals surface area contributed by atoms with Crippen LogP contribution in [0.5, 0.6) is 0 Å². The standard InChI is InChI=1S/C14H20BrClN2O/c1-14(2)9-19-6-5-18(14)13(8-17)10-3-4-12(16)11(15)7-10/h3-4,7,13H,5-6,8-9,17H2,1-2H3. The maximum atomic E-state index is 6.06. The van der Waals surface area contributed by atoms with Gasteiger partial charge < -0.3 is 10.5 Å². The van der Waals surface area contributed by atoms with E-state index in [1.54, 1.807) is 0 Å². The number of halogens is 2. The van der Waals surface area contributed by atoms with Crippen LogP contribution in [0, 0.1) is 0 Å². The first-order chi connectivity index (χ1) is 8.95. The van der Waals surface area contributed by atoms with Crippen molar-refractivity contribution in [3.63, 3.8) is 0 Å². The fourth-order valence-corrected chi connectivity index (χ4v) is 3.13. The number of benzene rings is 1. The molecular formula is C14H20BrClN2O. The first kappa shape index (κ1) is 15.3. The topological polar surface area (TPSA) is 38.5 Å². The predicted octanol–water partition coefficient (Wildman–Crippen LogP) is 3.21. The molecule has 0 bridgehead atoms. The normalized spacial score (nSPS) is 21.3. The summed E-state index contributed by atoms with van der Waals surface area (Å²) in [6.45, 7) is 7.36. The van der Waals surface area contributed by atoms with E-state index in [-0.39, 0.29) is 11.6 Å². The summed E-state index contributed by atoms with van der Waals surface area (Å²) in [5, 5.41) is 0.723. The van der Waals surface area contributed by atoms with Gasteiger partial charge in [0, 0.05) is 29.1 Å². The van der Waals surface area contributed by atoms with Crippen molar-refractivity contribution >= 4 is 27.5 Å². The number of morpholine rings is 1. The highest BCUT2D eigenvalue weighted by Crippen LogP contribution is 2.33. The van der Waals surface area contributed by atoms with Crippen LogP contribution in [0.4, 0.5) is 0 Å². The SMILES string of the molecule is CC1(C)COCCN1C(CN)c1ccc(Cl)c(Br)c1. The minimum atomic E-state index is -0.00556. The Hall–Kier alpha value is -0.130. The van der Waals surface area contributed by atoms with Crippen molar-refractivity contribution < 1.29 is 4.74 Å². The number of nitrogens with zero attached hydrogens (tertiary/aromatic N) is 1. The van der Waals surface area contributed by atoms with Crippen molar-refractivity contribution in [2.75, 3.05) is 26.3 Å². The zero-order valence-electron chi connectivity index (χ0n) is 11.3. The number of hydrogen-bond acceptors (Lipinski definition) is 3. The molecule has 1 saturated heterocycles. The Morgan fingerprint density at radius 1 is 1.53 bits per heavy atom. The Morgan fingerprint density at radius 2 is 2.26 bits per heavy atom. The number of nitrogens with two attached hydrogens (primary N) is 1. The lowest BCUT2D eigenvalue weighted by molar-refractivity contribution is -0.0712. The Morgan fingerprint density at radius 3 is 2.84 bits per heavy atom. The van der Waals surface area contributed by atoms with Crippen LogP contribution in [-0.2, 0) is 4.74 Å². The van der Waals surface area contributed by atoms with Crippen molar-refractivity contribution in [3.05, 3.63) is 33.3 Å². The van der Waals surface area contributed by atoms with Crippen molar-refractivity contribution in [2.45, 2.75) is 25.4 Å². The number of hydrogen-bond donors (Lipinski definition) is 1. The summed E-state index contributed by atoms with van der Waals surface area (Å²) < 4.78 is 6.49. The Balaban J connectivity index is 2.30. The third kappa shape index (κ3) is 3.31. The Labute approximate surface area is 128 Å². The smallest absolute Gasteiger partial charge is 0.0645 e. The average Bonchev–Trinajstić information content (AvgIpc) is 2.36. The average molecular weight is 348 g/mol. The summed E-state index contributed by atoms with van der Waals surface area (Å²) in [5.41, 5.74) is 7.20. The molecule has 0 amide bonds. The molecule has 5 heteroatoms. The first-order valence-electron chi connectivity index (χ1n) is 6.45. The molecule has 0 radical (unpaired) electrons. The molecule has 1 aliphatic heterocycles. The van der Waals surface area contributed by atoms with Crippen molar-refractivity contribution in [3.8, 4) is 0 Å². The fourth-order valence-electron chi connectivity index (χ4n) is 2.61. The van der Waals surface area contributed by atoms with Crippen LogP contribution >= 0.6 is 27.5 Å². The summed E-state index contributed by atoms with van der Waals surface area (Å²) in [6, 6.07) is 6.21. The third-order valence-corrected chi connectivity index (χ3v) is 4.85. The molecule has 19 heavy (non-hydrogen) atoms. The zero-order valence-corrected chi connectivity index (χ0v) is 13.7. The third-order valence-electron chi connectivity index (χ3n) is 3.64. The quantitative estimate of drug-likeness (QED) is 0.912. The van der Waals surface area contributed by atoms with E-state index in [1.165, 1.54) is 5.56 Å². The van der Waals surface area contributed by atoms with Gasteiger partial charge in [-0.25, -0.2) is 0 Å². The van der Waals surface area contributed by atoms with Crippen LogP contribution in [0.1, 0.15) is 25.5 Å². The zero-order chi connectivity index (χ0) is 14.0. The number of ether oxygens (including phenoxy) is 1. The maximum absolute atomic E-state index is 6.06. The molecule has 1 atom stereocenters. The van der Waals surface area contributed by atoms with E-state index in [9.17, 15) is 0 Å². The highest BCUT2D eigenvalue weighted by atomic mass is 79.9. The Bertz CT molecular complexity index is 453. The minimum Gasteiger partial charge on any atom is -0.378 e. The summed E-state index contributed by atoms with van der Waals surface area (Å²) in [4.78, 5) is 2.42. The van der Waals surface area contributed by atoms with Crippen LogP contribution in [0.2, 0.25) is 5.02 Å². The van der Waals surface area contributed by atoms with E-state index in [0.717, 1.165) is 29.3 Å². The van der Waals surface area contributed by atoms with E-state index in [4.69, 9.17) is 22.1 Å². The largest absolute Gasteiger partial charge is 0.378 e. The molecule has 2 rings (SSSR count). The first-order valence-corrected chi connectivity index (χ1v) is 7.62. The van der Waals surface area contributed by atoms with E-state index >= 15 is 0 Å². The van der Waals surface area contributed by atoms with Gasteiger partial charge in [-0.2, -0.15) is 0 Å². The summed E-state index contributed by atoms with van der Waals surface area (Å²) in [7, 11) is 0. The van der Waals surface area contributed by atoms with Crippen LogP contribution in [0.3, 0.4) is 0 Å². The highest BCUT2D eigenvalue weighted by Gasteiger charge is 2.35. The van der Waals surface area contributed by atoms with Gasteiger partial charge in [-0.05, 0) is 47.5 Å². The lowest BCUT2D eigenvalue weighted by atomic mass is 9.96. The van der Waals surface area contributed by atoms with E-state index in [1.807, 2.05) is 6.07 Å². The van der Waals surface area contributed by atoms with Crippen LogP contribution in [0.15, 0.2) is 22.7 Å². The van der Waals surface area contributed by atoms with Gasteiger partial charge in [0.05, 0.1) is 18.2 Å². The van der Waals surface area contributed by atoms with Gasteiger partial charge in [-0.1, -0.05) is 17.7 Å². The summed E-state index contributed by atoms with van der Waals surface area (Å²) in [6.07, 6.45) is 0. The molecule has 1 unspecified atom stereocenters. The number of rotatable bonds is 3. The summed E-state index contributed by atoms with van der Waals surface area (Å²) in [5.74, 6) is 0. The van der Waals surface area contributed by atoms with Gasteiger partial charge in [0.1, 0.15) is 0 Å². The molecule has 0 spiro atoms. The molecular weight excluding hydrogens is 328 g/mol. The van der Waals surface area contributed by atoms with Gasteiger partial charge in [0.25, 0.3) is 0 Å². The van der Waals surface area contributed by atoms with Gasteiger partial charge in [0.2, 0.25) is 0 Å². The second-order valence-electron chi connectivity index (χ2n) is 5.48. The van der Waals surface area contributed by atoms with Crippen LogP contribution in [-0.4, -0.2) is 36.7 Å². The van der Waals surface area contributed by atoms with E-state index in [2.05, 4.69) is 46.8 Å².